The molecule has 0 aliphatic carbocycles. The number of nitrogens with one attached hydrogen (secondary N) is 1. The highest BCUT2D eigenvalue weighted by atomic mass is 16.5. The van der Waals surface area contributed by atoms with E-state index in [1.54, 1.807) is 31.6 Å². The number of para-hydroxylation sites is 1. The van der Waals surface area contributed by atoms with Crippen molar-refractivity contribution in [1.82, 2.24) is 15.2 Å². The van der Waals surface area contributed by atoms with Crippen LogP contribution >= 0.6 is 0 Å². The Hall–Kier alpha value is -2.44. The second-order valence-corrected chi connectivity index (χ2v) is 8.00. The predicted molar refractivity (Wildman–Crippen MR) is 111 cm³/mol. The van der Waals surface area contributed by atoms with E-state index in [4.69, 9.17) is 9.47 Å². The summed E-state index contributed by atoms with van der Waals surface area (Å²) in [6, 6.07) is 11.8. The maximum absolute atomic E-state index is 12.2. The van der Waals surface area contributed by atoms with Crippen LogP contribution in [0.2, 0.25) is 0 Å². The minimum Gasteiger partial charge on any atom is -0.496 e. The van der Waals surface area contributed by atoms with E-state index < -0.39 is 0 Å². The van der Waals surface area contributed by atoms with Gasteiger partial charge in [0.05, 0.1) is 24.4 Å². The molecule has 1 unspecified atom stereocenters. The maximum Gasteiger partial charge on any atom is 0.252 e. The summed E-state index contributed by atoms with van der Waals surface area (Å²) in [5.74, 6) is 0.864. The van der Waals surface area contributed by atoms with Crippen LogP contribution in [0.4, 0.5) is 0 Å². The average Bonchev–Trinajstić information content (AvgIpc) is 3.17. The van der Waals surface area contributed by atoms with Gasteiger partial charge in [-0.1, -0.05) is 18.2 Å². The molecule has 2 aliphatic heterocycles. The van der Waals surface area contributed by atoms with E-state index in [0.29, 0.717) is 12.1 Å². The Labute approximate surface area is 172 Å². The lowest BCUT2D eigenvalue weighted by molar-refractivity contribution is -0.0765. The van der Waals surface area contributed by atoms with E-state index in [0.717, 1.165) is 51.1 Å². The number of methoxy groups -OCH3 is 1. The van der Waals surface area contributed by atoms with Gasteiger partial charge in [-0.2, -0.15) is 0 Å². The second kappa shape index (κ2) is 8.93. The number of rotatable bonds is 6. The molecule has 2 aromatic rings. The topological polar surface area (TPSA) is 63.7 Å². The summed E-state index contributed by atoms with van der Waals surface area (Å²) in [6.45, 7) is 3.50. The van der Waals surface area contributed by atoms with Gasteiger partial charge in [0.15, 0.2) is 0 Å². The van der Waals surface area contributed by atoms with Crippen molar-refractivity contribution < 1.29 is 14.3 Å². The largest absolute Gasteiger partial charge is 0.496 e. The summed E-state index contributed by atoms with van der Waals surface area (Å²) in [4.78, 5) is 18.7. The summed E-state index contributed by atoms with van der Waals surface area (Å²) < 4.78 is 11.9. The summed E-state index contributed by atoms with van der Waals surface area (Å²) >= 11 is 0. The first kappa shape index (κ1) is 19.9. The average molecular weight is 396 g/mol. The summed E-state index contributed by atoms with van der Waals surface area (Å²) in [5.41, 5.74) is 1.79. The van der Waals surface area contributed by atoms with Gasteiger partial charge in [0.1, 0.15) is 5.75 Å². The molecule has 154 valence electrons. The molecule has 1 aromatic heterocycles. The van der Waals surface area contributed by atoms with Crippen LogP contribution in [0.5, 0.6) is 5.75 Å². The van der Waals surface area contributed by atoms with Crippen LogP contribution in [0.25, 0.3) is 0 Å². The van der Waals surface area contributed by atoms with Crippen LogP contribution in [0.1, 0.15) is 41.6 Å². The van der Waals surface area contributed by atoms with E-state index in [-0.39, 0.29) is 17.6 Å². The number of amides is 1. The molecule has 1 N–H and O–H groups in total. The molecule has 3 heterocycles. The molecular weight excluding hydrogens is 366 g/mol. The lowest BCUT2D eigenvalue weighted by Crippen LogP contribution is -2.44. The van der Waals surface area contributed by atoms with Gasteiger partial charge in [0.25, 0.3) is 5.91 Å². The third-order valence-corrected chi connectivity index (χ3v) is 6.11. The van der Waals surface area contributed by atoms with Crippen LogP contribution in [-0.4, -0.2) is 54.2 Å². The quantitative estimate of drug-likeness (QED) is 0.815. The van der Waals surface area contributed by atoms with E-state index in [9.17, 15) is 4.79 Å². The number of pyridine rings is 1. The fourth-order valence-electron chi connectivity index (χ4n) is 4.41. The number of likely N-dealkylation sites (tertiary alicyclic amines) is 1. The SMILES string of the molecule is COc1ccccc1CN1CCC2(CCC(CNC(=O)c3cccnc3)O2)CC1. The number of nitrogens with zero attached hydrogens (tertiary/aromatic N) is 2. The Kier molecular flexibility index (Phi) is 6.11. The molecule has 2 aliphatic rings. The van der Waals surface area contributed by atoms with Gasteiger partial charge >= 0.3 is 0 Å². The second-order valence-electron chi connectivity index (χ2n) is 8.00. The highest BCUT2D eigenvalue weighted by Gasteiger charge is 2.42. The molecule has 2 fully saturated rings. The van der Waals surface area contributed by atoms with Gasteiger partial charge in [-0.25, -0.2) is 0 Å². The number of hydrogen-bond donors (Lipinski definition) is 1. The van der Waals surface area contributed by atoms with Crippen molar-refractivity contribution in [2.45, 2.75) is 43.9 Å². The number of hydrogen-bond acceptors (Lipinski definition) is 5. The number of benzene rings is 1. The van der Waals surface area contributed by atoms with Crippen LogP contribution in [0, 0.1) is 0 Å². The summed E-state index contributed by atoms with van der Waals surface area (Å²) in [5, 5.41) is 2.99. The molecule has 1 spiro atoms. The molecule has 0 bridgehead atoms. The fraction of sp³-hybridized carbons (Fsp3) is 0.478. The van der Waals surface area contributed by atoms with Crippen LogP contribution in [0.15, 0.2) is 48.8 Å². The molecule has 6 heteroatoms. The van der Waals surface area contributed by atoms with Crippen molar-refractivity contribution in [3.05, 3.63) is 59.9 Å². The van der Waals surface area contributed by atoms with Gasteiger partial charge in [-0.3, -0.25) is 14.7 Å². The Morgan fingerprint density at radius 1 is 1.24 bits per heavy atom. The van der Waals surface area contributed by atoms with Crippen molar-refractivity contribution in [3.8, 4) is 5.75 Å². The zero-order valence-electron chi connectivity index (χ0n) is 17.0. The van der Waals surface area contributed by atoms with E-state index >= 15 is 0 Å². The molecular formula is C23H29N3O3. The number of carbonyl (C=O) groups is 1. The van der Waals surface area contributed by atoms with Crippen LogP contribution in [0.3, 0.4) is 0 Å². The predicted octanol–water partition coefficient (Wildman–Crippen LogP) is 3.03. The standard InChI is InChI=1S/C23H29N3O3/c1-28-21-7-3-2-5-19(21)17-26-13-10-23(11-14-26)9-8-20(29-23)16-25-22(27)18-6-4-12-24-15-18/h2-7,12,15,20H,8-11,13-14,16-17H2,1H3,(H,25,27). The third-order valence-electron chi connectivity index (χ3n) is 6.11. The molecule has 1 atom stereocenters. The lowest BCUT2D eigenvalue weighted by atomic mass is 9.88. The first-order chi connectivity index (χ1) is 14.2. The van der Waals surface area contributed by atoms with Gasteiger partial charge < -0.3 is 14.8 Å². The third kappa shape index (κ3) is 4.77. The Bertz CT molecular complexity index is 819. The molecule has 0 saturated carbocycles. The zero-order valence-corrected chi connectivity index (χ0v) is 17.0. The van der Waals surface area contributed by atoms with E-state index in [1.165, 1.54) is 5.56 Å². The number of carbonyl (C=O) groups excluding carboxylic acids is 1. The van der Waals surface area contributed by atoms with Crippen molar-refractivity contribution in [2.75, 3.05) is 26.7 Å². The van der Waals surface area contributed by atoms with Crippen molar-refractivity contribution in [2.24, 2.45) is 0 Å². The minimum absolute atomic E-state index is 0.0268. The molecule has 1 amide bonds. The first-order valence-electron chi connectivity index (χ1n) is 10.4. The van der Waals surface area contributed by atoms with E-state index in [2.05, 4.69) is 27.3 Å². The molecule has 4 rings (SSSR count). The number of aromatic nitrogens is 1. The van der Waals surface area contributed by atoms with Crippen molar-refractivity contribution in [3.63, 3.8) is 0 Å². The maximum atomic E-state index is 12.2. The molecule has 1 aromatic carbocycles. The first-order valence-corrected chi connectivity index (χ1v) is 10.4. The summed E-state index contributed by atoms with van der Waals surface area (Å²) in [6.07, 6.45) is 7.49. The number of ether oxygens (including phenoxy) is 2. The highest BCUT2D eigenvalue weighted by Crippen LogP contribution is 2.39. The van der Waals surface area contributed by atoms with Gasteiger partial charge in [-0.05, 0) is 43.9 Å². The fourth-order valence-corrected chi connectivity index (χ4v) is 4.41. The normalized spacial score (nSPS) is 21.2. The smallest absolute Gasteiger partial charge is 0.252 e. The van der Waals surface area contributed by atoms with Crippen molar-refractivity contribution in [1.29, 1.82) is 0 Å². The van der Waals surface area contributed by atoms with Gasteiger partial charge in [0, 0.05) is 44.1 Å². The minimum atomic E-state index is -0.0886. The molecule has 6 nitrogen and oxygen atoms in total. The highest BCUT2D eigenvalue weighted by molar-refractivity contribution is 5.93. The number of piperidine rings is 1. The van der Waals surface area contributed by atoms with Gasteiger partial charge in [0.2, 0.25) is 0 Å². The Balaban J connectivity index is 1.25. The molecule has 0 radical (unpaired) electrons. The summed E-state index contributed by atoms with van der Waals surface area (Å²) in [7, 11) is 1.73. The lowest BCUT2D eigenvalue weighted by Gasteiger charge is -2.39. The van der Waals surface area contributed by atoms with Crippen molar-refractivity contribution >= 4 is 5.91 Å². The van der Waals surface area contributed by atoms with Gasteiger partial charge in [-0.15, -0.1) is 0 Å². The van der Waals surface area contributed by atoms with Crippen LogP contribution < -0.4 is 10.1 Å². The zero-order chi connectivity index (χ0) is 20.1. The van der Waals surface area contributed by atoms with E-state index in [1.807, 2.05) is 12.1 Å². The Morgan fingerprint density at radius 2 is 2.07 bits per heavy atom. The monoisotopic (exact) mass is 395 g/mol. The Morgan fingerprint density at radius 3 is 2.83 bits per heavy atom. The molecule has 29 heavy (non-hydrogen) atoms. The van der Waals surface area contributed by atoms with Crippen LogP contribution in [-0.2, 0) is 11.3 Å². The molecule has 2 saturated heterocycles.